The van der Waals surface area contributed by atoms with Gasteiger partial charge in [-0.25, -0.2) is 4.79 Å². The summed E-state index contributed by atoms with van der Waals surface area (Å²) in [6.45, 7) is 0.120. The molecule has 1 aromatic rings. The number of rotatable bonds is 4. The summed E-state index contributed by atoms with van der Waals surface area (Å²) in [4.78, 5) is 42.2. The molecule has 2 aliphatic heterocycles. The number of nitrogens with one attached hydrogen (secondary N) is 1. The second kappa shape index (κ2) is 6.90. The largest absolute Gasteiger partial charge is 0.493 e. The molecule has 2 aliphatic carbocycles. The van der Waals surface area contributed by atoms with Crippen molar-refractivity contribution in [1.82, 2.24) is 15.1 Å². The Morgan fingerprint density at radius 2 is 2.07 bits per heavy atom. The molecule has 0 bridgehead atoms. The quantitative estimate of drug-likeness (QED) is 0.795. The zero-order valence-corrected chi connectivity index (χ0v) is 16.4. The molecule has 2 heterocycles. The zero-order valence-electron chi connectivity index (χ0n) is 16.4. The van der Waals surface area contributed by atoms with E-state index < -0.39 is 11.6 Å². The molecule has 7 heteroatoms. The van der Waals surface area contributed by atoms with Crippen LogP contribution in [0.15, 0.2) is 36.0 Å². The summed E-state index contributed by atoms with van der Waals surface area (Å²) in [5, 5.41) is 2.87. The van der Waals surface area contributed by atoms with Crippen molar-refractivity contribution >= 4 is 17.8 Å². The molecule has 1 atom stereocenters. The van der Waals surface area contributed by atoms with Gasteiger partial charge in [0.15, 0.2) is 5.54 Å². The molecule has 2 fully saturated rings. The number of fused-ring (bicyclic) bond motifs is 2. The zero-order chi connectivity index (χ0) is 20.0. The molecule has 1 saturated heterocycles. The van der Waals surface area contributed by atoms with Gasteiger partial charge in [0.25, 0.3) is 5.91 Å². The van der Waals surface area contributed by atoms with Gasteiger partial charge in [-0.2, -0.15) is 0 Å². The van der Waals surface area contributed by atoms with Crippen LogP contribution in [0.1, 0.15) is 50.5 Å². The lowest BCUT2D eigenvalue weighted by Gasteiger charge is -2.33. The third-order valence-electron chi connectivity index (χ3n) is 6.31. The summed E-state index contributed by atoms with van der Waals surface area (Å²) in [7, 11) is 0. The van der Waals surface area contributed by atoms with Crippen LogP contribution in [0, 0.1) is 0 Å². The first kappa shape index (κ1) is 18.2. The summed E-state index contributed by atoms with van der Waals surface area (Å²) in [5.41, 5.74) is 0.580. The van der Waals surface area contributed by atoms with Crippen molar-refractivity contribution in [3.8, 4) is 5.75 Å². The molecule has 7 nitrogen and oxygen atoms in total. The Bertz CT molecular complexity index is 907. The van der Waals surface area contributed by atoms with E-state index >= 15 is 0 Å². The number of carbonyl (C=O) groups excluding carboxylic acids is 3. The number of hydrogen-bond donors (Lipinski definition) is 1. The van der Waals surface area contributed by atoms with Crippen LogP contribution in [0.4, 0.5) is 4.79 Å². The molecule has 1 unspecified atom stereocenters. The number of allylic oxidation sites excluding steroid dienone is 2. The molecule has 1 aromatic carbocycles. The van der Waals surface area contributed by atoms with Gasteiger partial charge in [0.1, 0.15) is 12.3 Å². The predicted octanol–water partition coefficient (Wildman–Crippen LogP) is 2.67. The molecule has 0 radical (unpaired) electrons. The minimum Gasteiger partial charge on any atom is -0.493 e. The highest BCUT2D eigenvalue weighted by Crippen LogP contribution is 2.41. The molecule has 29 heavy (non-hydrogen) atoms. The maximum Gasteiger partial charge on any atom is 0.325 e. The molecule has 4 aliphatic rings. The van der Waals surface area contributed by atoms with E-state index in [4.69, 9.17) is 4.74 Å². The molecule has 1 spiro atoms. The first-order valence-corrected chi connectivity index (χ1v) is 10.5. The highest BCUT2D eigenvalue weighted by atomic mass is 16.5. The number of nitrogens with zero attached hydrogens (tertiary/aromatic N) is 2. The number of para-hydroxylation sites is 1. The van der Waals surface area contributed by atoms with Crippen molar-refractivity contribution in [2.75, 3.05) is 13.2 Å². The molecule has 152 valence electrons. The van der Waals surface area contributed by atoms with Crippen LogP contribution in [-0.2, 0) is 15.1 Å². The molecule has 1 saturated carbocycles. The maximum atomic E-state index is 13.4. The average molecular weight is 395 g/mol. The standard InChI is InChI=1S/C22H25N3O4/c26-19(25(16-10-11-16)15-6-2-1-3-7-15)14-24-20(27)22(23-21(24)28)12-13-29-18-9-5-4-8-17(18)22/h4-6,8-9,16H,1-3,7,10-14H2,(H,23,28). The summed E-state index contributed by atoms with van der Waals surface area (Å²) in [5.74, 6) is 0.0778. The van der Waals surface area contributed by atoms with E-state index in [9.17, 15) is 14.4 Å². The van der Waals surface area contributed by atoms with Crippen LogP contribution in [0.3, 0.4) is 0 Å². The number of amides is 4. The van der Waals surface area contributed by atoms with Crippen LogP contribution in [0.25, 0.3) is 0 Å². The van der Waals surface area contributed by atoms with Crippen LogP contribution < -0.4 is 10.1 Å². The van der Waals surface area contributed by atoms with Gasteiger partial charge in [-0.05, 0) is 44.6 Å². The van der Waals surface area contributed by atoms with Crippen molar-refractivity contribution < 1.29 is 19.1 Å². The summed E-state index contributed by atoms with van der Waals surface area (Å²) in [6.07, 6.45) is 8.55. The van der Waals surface area contributed by atoms with Gasteiger partial charge in [0.05, 0.1) is 6.61 Å². The number of ether oxygens (including phenoxy) is 1. The van der Waals surface area contributed by atoms with Crippen LogP contribution in [0.5, 0.6) is 5.75 Å². The Hall–Kier alpha value is -2.83. The minimum atomic E-state index is -1.14. The number of carbonyl (C=O) groups is 3. The highest BCUT2D eigenvalue weighted by Gasteiger charge is 2.55. The average Bonchev–Trinajstić information content (AvgIpc) is 3.54. The van der Waals surface area contributed by atoms with E-state index in [1.54, 1.807) is 12.1 Å². The number of urea groups is 1. The molecular weight excluding hydrogens is 370 g/mol. The predicted molar refractivity (Wildman–Crippen MR) is 105 cm³/mol. The number of benzene rings is 1. The smallest absolute Gasteiger partial charge is 0.325 e. The monoisotopic (exact) mass is 395 g/mol. The van der Waals surface area contributed by atoms with Gasteiger partial charge in [-0.15, -0.1) is 0 Å². The van der Waals surface area contributed by atoms with Crippen molar-refractivity contribution in [3.05, 3.63) is 41.6 Å². The SMILES string of the molecule is O=C1NC2(CCOc3ccccc32)C(=O)N1CC(=O)N(C1=CCCCC1)C1CC1. The third kappa shape index (κ3) is 2.99. The van der Waals surface area contributed by atoms with Crippen LogP contribution >= 0.6 is 0 Å². The molecule has 1 N–H and O–H groups in total. The second-order valence-electron chi connectivity index (χ2n) is 8.26. The van der Waals surface area contributed by atoms with Crippen molar-refractivity contribution in [2.45, 2.75) is 56.5 Å². The van der Waals surface area contributed by atoms with Crippen molar-refractivity contribution in [1.29, 1.82) is 0 Å². The lowest BCUT2D eigenvalue weighted by atomic mass is 9.84. The Morgan fingerprint density at radius 1 is 1.24 bits per heavy atom. The van der Waals surface area contributed by atoms with E-state index in [0.29, 0.717) is 24.3 Å². The van der Waals surface area contributed by atoms with E-state index in [0.717, 1.165) is 49.1 Å². The summed E-state index contributed by atoms with van der Waals surface area (Å²) >= 11 is 0. The van der Waals surface area contributed by atoms with Gasteiger partial charge in [-0.3, -0.25) is 14.5 Å². The van der Waals surface area contributed by atoms with Gasteiger partial charge in [0.2, 0.25) is 5.91 Å². The van der Waals surface area contributed by atoms with E-state index in [-0.39, 0.29) is 24.4 Å². The maximum absolute atomic E-state index is 13.4. The lowest BCUT2D eigenvalue weighted by Crippen LogP contribution is -2.48. The second-order valence-corrected chi connectivity index (χ2v) is 8.26. The molecule has 4 amide bonds. The molecule has 0 aromatic heterocycles. The first-order chi connectivity index (χ1) is 14.1. The molecule has 5 rings (SSSR count). The normalized spacial score (nSPS) is 25.9. The minimum absolute atomic E-state index is 0.165. The summed E-state index contributed by atoms with van der Waals surface area (Å²) in [6, 6.07) is 6.98. The fraction of sp³-hybridized carbons (Fsp3) is 0.500. The van der Waals surface area contributed by atoms with Crippen molar-refractivity contribution in [2.24, 2.45) is 0 Å². The van der Waals surface area contributed by atoms with Crippen LogP contribution in [-0.4, -0.2) is 46.8 Å². The first-order valence-electron chi connectivity index (χ1n) is 10.5. The summed E-state index contributed by atoms with van der Waals surface area (Å²) < 4.78 is 5.66. The van der Waals surface area contributed by atoms with Gasteiger partial charge >= 0.3 is 6.03 Å². The highest BCUT2D eigenvalue weighted by molar-refractivity contribution is 6.09. The number of hydrogen-bond acceptors (Lipinski definition) is 4. The fourth-order valence-corrected chi connectivity index (χ4v) is 4.70. The fourth-order valence-electron chi connectivity index (χ4n) is 4.70. The van der Waals surface area contributed by atoms with Crippen molar-refractivity contribution in [3.63, 3.8) is 0 Å². The Morgan fingerprint density at radius 3 is 2.83 bits per heavy atom. The van der Waals surface area contributed by atoms with Gasteiger partial charge < -0.3 is 15.0 Å². The Labute approximate surface area is 169 Å². The molecular formula is C22H25N3O4. The van der Waals surface area contributed by atoms with E-state index in [2.05, 4.69) is 11.4 Å². The van der Waals surface area contributed by atoms with E-state index in [1.165, 1.54) is 0 Å². The van der Waals surface area contributed by atoms with Gasteiger partial charge in [0, 0.05) is 23.7 Å². The topological polar surface area (TPSA) is 79.0 Å². The Balaban J connectivity index is 1.40. The van der Waals surface area contributed by atoms with Crippen LogP contribution in [0.2, 0.25) is 0 Å². The lowest BCUT2D eigenvalue weighted by molar-refractivity contribution is -0.139. The Kier molecular flexibility index (Phi) is 4.33. The van der Waals surface area contributed by atoms with Gasteiger partial charge in [-0.1, -0.05) is 24.3 Å². The number of imide groups is 1. The third-order valence-corrected chi connectivity index (χ3v) is 6.31. The van der Waals surface area contributed by atoms with E-state index in [1.807, 2.05) is 17.0 Å².